The third-order valence-electron chi connectivity index (χ3n) is 4.58. The van der Waals surface area contributed by atoms with Gasteiger partial charge in [-0.2, -0.15) is 0 Å². The van der Waals surface area contributed by atoms with Gasteiger partial charge in [-0.15, -0.1) is 0 Å². The third kappa shape index (κ3) is 3.94. The molecule has 1 aromatic heterocycles. The van der Waals surface area contributed by atoms with Crippen LogP contribution in [0.1, 0.15) is 34.8 Å². The molecule has 0 fully saturated rings. The Morgan fingerprint density at radius 1 is 1.19 bits per heavy atom. The van der Waals surface area contributed by atoms with Crippen LogP contribution in [0.3, 0.4) is 0 Å². The van der Waals surface area contributed by atoms with Crippen molar-refractivity contribution in [3.8, 4) is 5.75 Å². The van der Waals surface area contributed by atoms with Gasteiger partial charge in [0, 0.05) is 12.0 Å². The largest absolute Gasteiger partial charge is 0.491 e. The Kier molecular flexibility index (Phi) is 5.38. The van der Waals surface area contributed by atoms with Crippen LogP contribution in [0.25, 0.3) is 11.0 Å². The molecule has 0 aliphatic carbocycles. The molecule has 136 valence electrons. The second-order valence-corrected chi connectivity index (χ2v) is 6.59. The summed E-state index contributed by atoms with van der Waals surface area (Å²) in [7, 11) is 0. The van der Waals surface area contributed by atoms with E-state index >= 15 is 0 Å². The minimum absolute atomic E-state index is 0.106. The number of hydrogen-bond acceptors (Lipinski definition) is 4. The van der Waals surface area contributed by atoms with Gasteiger partial charge in [-0.3, -0.25) is 4.79 Å². The van der Waals surface area contributed by atoms with Crippen LogP contribution in [0.2, 0.25) is 0 Å². The van der Waals surface area contributed by atoms with Crippen molar-refractivity contribution >= 4 is 16.8 Å². The van der Waals surface area contributed by atoms with Gasteiger partial charge < -0.3 is 14.4 Å². The van der Waals surface area contributed by atoms with Gasteiger partial charge in [0.1, 0.15) is 18.5 Å². The molecular formula is C21H24N2O3. The predicted octanol–water partition coefficient (Wildman–Crippen LogP) is 3.69. The number of aliphatic hydroxyl groups is 1. The molecule has 26 heavy (non-hydrogen) atoms. The lowest BCUT2D eigenvalue weighted by Gasteiger charge is -2.14. The molecule has 3 aromatic rings. The minimum atomic E-state index is -0.661. The molecule has 0 saturated heterocycles. The van der Waals surface area contributed by atoms with E-state index in [0.29, 0.717) is 24.3 Å². The summed E-state index contributed by atoms with van der Waals surface area (Å²) in [6.07, 6.45) is 1.57. The molecule has 5 heteroatoms. The molecule has 1 atom stereocenters. The average molecular weight is 352 g/mol. The smallest absolute Gasteiger partial charge is 0.162 e. The number of ketones is 1. The topological polar surface area (TPSA) is 64.3 Å². The number of hydrogen-bond donors (Lipinski definition) is 1. The maximum absolute atomic E-state index is 11.6. The van der Waals surface area contributed by atoms with E-state index in [4.69, 9.17) is 4.74 Å². The molecule has 5 nitrogen and oxygen atoms in total. The number of fused-ring (bicyclic) bond motifs is 1. The normalized spacial score (nSPS) is 12.3. The lowest BCUT2D eigenvalue weighted by atomic mass is 10.1. The Bertz CT molecular complexity index is 913. The highest BCUT2D eigenvalue weighted by Crippen LogP contribution is 2.19. The molecule has 0 spiro atoms. The van der Waals surface area contributed by atoms with Crippen molar-refractivity contribution < 1.29 is 14.6 Å². The Hall–Kier alpha value is -2.66. The zero-order valence-electron chi connectivity index (χ0n) is 15.4. The summed E-state index contributed by atoms with van der Waals surface area (Å²) in [4.78, 5) is 16.0. The van der Waals surface area contributed by atoms with Gasteiger partial charge in [-0.1, -0.05) is 6.92 Å². The van der Waals surface area contributed by atoms with Gasteiger partial charge in [0.2, 0.25) is 0 Å². The van der Waals surface area contributed by atoms with Crippen LogP contribution in [0.5, 0.6) is 5.75 Å². The average Bonchev–Trinajstić information content (AvgIpc) is 3.01. The van der Waals surface area contributed by atoms with Crippen LogP contribution < -0.4 is 4.74 Å². The summed E-state index contributed by atoms with van der Waals surface area (Å²) >= 11 is 0. The van der Waals surface area contributed by atoms with E-state index in [1.54, 1.807) is 30.6 Å². The summed E-state index contributed by atoms with van der Waals surface area (Å²) in [5, 5.41) is 10.3. The predicted molar refractivity (Wildman–Crippen MR) is 102 cm³/mol. The molecule has 1 unspecified atom stereocenters. The number of carbonyl (C=O) groups excluding carboxylic acids is 1. The first-order chi connectivity index (χ1) is 12.5. The fraction of sp³-hybridized carbons (Fsp3) is 0.333. The van der Waals surface area contributed by atoms with Gasteiger partial charge in [0.05, 0.1) is 23.9 Å². The summed E-state index contributed by atoms with van der Waals surface area (Å²) in [6.45, 7) is 6.55. The van der Waals surface area contributed by atoms with E-state index in [1.165, 1.54) is 11.1 Å². The number of aromatic nitrogens is 2. The van der Waals surface area contributed by atoms with E-state index in [1.807, 2.05) is 11.5 Å². The molecule has 0 aliphatic heterocycles. The Morgan fingerprint density at radius 3 is 2.58 bits per heavy atom. The SMILES string of the molecule is CCC(=O)c1ccc(OCC(O)Cn2cnc3cc(C)c(C)cc32)cc1. The van der Waals surface area contributed by atoms with Crippen LogP contribution >= 0.6 is 0 Å². The molecule has 0 radical (unpaired) electrons. The van der Waals surface area contributed by atoms with Crippen LogP contribution in [0.4, 0.5) is 0 Å². The second kappa shape index (κ2) is 7.70. The zero-order valence-corrected chi connectivity index (χ0v) is 15.4. The van der Waals surface area contributed by atoms with E-state index in [0.717, 1.165) is 11.0 Å². The number of imidazole rings is 1. The molecular weight excluding hydrogens is 328 g/mol. The highest BCUT2D eigenvalue weighted by molar-refractivity contribution is 5.95. The molecule has 2 aromatic carbocycles. The van der Waals surface area contributed by atoms with E-state index in [9.17, 15) is 9.90 Å². The lowest BCUT2D eigenvalue weighted by molar-refractivity contribution is 0.0932. The number of ether oxygens (including phenoxy) is 1. The Labute approximate surface area is 153 Å². The third-order valence-corrected chi connectivity index (χ3v) is 4.58. The number of nitrogens with zero attached hydrogens (tertiary/aromatic N) is 2. The second-order valence-electron chi connectivity index (χ2n) is 6.59. The standard InChI is InChI=1S/C21H24N2O3/c1-4-21(25)16-5-7-18(8-6-16)26-12-17(24)11-23-13-22-19-9-14(2)15(3)10-20(19)23/h5-10,13,17,24H,4,11-12H2,1-3H3. The van der Waals surface area contributed by atoms with Crippen LogP contribution in [-0.2, 0) is 6.54 Å². The fourth-order valence-corrected chi connectivity index (χ4v) is 2.87. The summed E-state index contributed by atoms with van der Waals surface area (Å²) in [6, 6.07) is 11.2. The van der Waals surface area contributed by atoms with Crippen molar-refractivity contribution in [2.24, 2.45) is 0 Å². The highest BCUT2D eigenvalue weighted by atomic mass is 16.5. The summed E-state index contributed by atoms with van der Waals surface area (Å²) in [5.74, 6) is 0.743. The summed E-state index contributed by atoms with van der Waals surface area (Å²) < 4.78 is 7.59. The van der Waals surface area contributed by atoms with Gasteiger partial charge in [0.15, 0.2) is 5.78 Å². The minimum Gasteiger partial charge on any atom is -0.491 e. The maximum Gasteiger partial charge on any atom is 0.162 e. The van der Waals surface area contributed by atoms with Crippen LogP contribution in [0, 0.1) is 13.8 Å². The molecule has 1 N–H and O–H groups in total. The molecule has 0 aliphatic rings. The first kappa shape index (κ1) is 18.1. The first-order valence-corrected chi connectivity index (χ1v) is 8.84. The van der Waals surface area contributed by atoms with Crippen LogP contribution in [0.15, 0.2) is 42.7 Å². The molecule has 1 heterocycles. The fourth-order valence-electron chi connectivity index (χ4n) is 2.87. The van der Waals surface area contributed by atoms with Crippen molar-refractivity contribution in [2.45, 2.75) is 39.8 Å². The number of benzene rings is 2. The zero-order chi connectivity index (χ0) is 18.7. The first-order valence-electron chi connectivity index (χ1n) is 8.84. The Balaban J connectivity index is 1.61. The number of aliphatic hydroxyl groups excluding tert-OH is 1. The van der Waals surface area contributed by atoms with E-state index < -0.39 is 6.10 Å². The number of rotatable bonds is 7. The molecule has 0 saturated carbocycles. The number of aryl methyl sites for hydroxylation is 2. The van der Waals surface area contributed by atoms with Crippen LogP contribution in [-0.4, -0.2) is 33.2 Å². The highest BCUT2D eigenvalue weighted by Gasteiger charge is 2.11. The van der Waals surface area contributed by atoms with Gasteiger partial charge >= 0.3 is 0 Å². The van der Waals surface area contributed by atoms with Crippen molar-refractivity contribution in [1.82, 2.24) is 9.55 Å². The Morgan fingerprint density at radius 2 is 1.88 bits per heavy atom. The lowest BCUT2D eigenvalue weighted by Crippen LogP contribution is -2.23. The quantitative estimate of drug-likeness (QED) is 0.659. The number of Topliss-reactive ketones (excluding diaryl/α,β-unsaturated/α-hetero) is 1. The summed E-state index contributed by atoms with van der Waals surface area (Å²) in [5.41, 5.74) is 5.02. The molecule has 3 rings (SSSR count). The van der Waals surface area contributed by atoms with Crippen molar-refractivity contribution in [1.29, 1.82) is 0 Å². The van der Waals surface area contributed by atoms with Crippen molar-refractivity contribution in [3.63, 3.8) is 0 Å². The molecule has 0 bridgehead atoms. The van der Waals surface area contributed by atoms with Gasteiger partial charge in [-0.25, -0.2) is 4.98 Å². The maximum atomic E-state index is 11.6. The van der Waals surface area contributed by atoms with E-state index in [2.05, 4.69) is 31.0 Å². The van der Waals surface area contributed by atoms with Crippen molar-refractivity contribution in [3.05, 3.63) is 59.4 Å². The monoisotopic (exact) mass is 352 g/mol. The molecule has 0 amide bonds. The van der Waals surface area contributed by atoms with Gasteiger partial charge in [0.25, 0.3) is 0 Å². The van der Waals surface area contributed by atoms with Crippen molar-refractivity contribution in [2.75, 3.05) is 6.61 Å². The van der Waals surface area contributed by atoms with E-state index in [-0.39, 0.29) is 12.4 Å². The number of carbonyl (C=O) groups is 1. The van der Waals surface area contributed by atoms with Gasteiger partial charge in [-0.05, 0) is 61.4 Å².